The Morgan fingerprint density at radius 1 is 1.31 bits per heavy atom. The maximum atomic E-state index is 9.68. The topological polar surface area (TPSA) is 36.3 Å². The van der Waals surface area contributed by atoms with Gasteiger partial charge in [0.05, 0.1) is 19.3 Å². The summed E-state index contributed by atoms with van der Waals surface area (Å²) in [6.45, 7) is 7.82. The van der Waals surface area contributed by atoms with Gasteiger partial charge in [-0.05, 0) is 17.6 Å². The Labute approximate surface area is 102 Å². The first-order valence-corrected chi connectivity index (χ1v) is 7.10. The minimum atomic E-state index is -0.292. The Kier molecular flexibility index (Phi) is 3.48. The third kappa shape index (κ3) is 1.85. The molecule has 0 aliphatic carbocycles. The van der Waals surface area contributed by atoms with Gasteiger partial charge in [-0.25, -0.2) is 0 Å². The Morgan fingerprint density at radius 2 is 2.00 bits per heavy atom. The molecule has 1 atom stereocenters. The smallest absolute Gasteiger partial charge is 0.123 e. The second-order valence-electron chi connectivity index (χ2n) is 5.26. The van der Waals surface area contributed by atoms with Crippen LogP contribution in [0.25, 0.3) is 0 Å². The summed E-state index contributed by atoms with van der Waals surface area (Å²) in [5.41, 5.74) is -0.204. The quantitative estimate of drug-likeness (QED) is 0.699. The van der Waals surface area contributed by atoms with Crippen LogP contribution in [-0.4, -0.2) is 48.2 Å². The lowest BCUT2D eigenvalue weighted by Gasteiger charge is -2.52. The summed E-state index contributed by atoms with van der Waals surface area (Å²) in [5, 5.41) is 9.68. The molecule has 0 amide bonds. The van der Waals surface area contributed by atoms with Crippen LogP contribution in [0.5, 0.6) is 0 Å². The normalized spacial score (nSPS) is 35.6. The summed E-state index contributed by atoms with van der Waals surface area (Å²) >= 11 is 1.92. The fraction of sp³-hybridized carbons (Fsp3) is 0.917. The molecule has 2 fully saturated rings. The molecule has 0 bridgehead atoms. The van der Waals surface area contributed by atoms with E-state index in [2.05, 4.69) is 24.8 Å². The first-order chi connectivity index (χ1) is 7.62. The molecule has 2 saturated heterocycles. The summed E-state index contributed by atoms with van der Waals surface area (Å²) in [7, 11) is 0. The minimum absolute atomic E-state index is 0.0876. The molecule has 0 radical (unpaired) electrons. The zero-order valence-electron chi connectivity index (χ0n) is 10.2. The van der Waals surface area contributed by atoms with Gasteiger partial charge in [0.25, 0.3) is 0 Å². The van der Waals surface area contributed by atoms with Gasteiger partial charge < -0.3 is 4.74 Å². The molecule has 3 nitrogen and oxygen atoms in total. The highest BCUT2D eigenvalue weighted by Crippen LogP contribution is 2.45. The molecule has 2 heterocycles. The molecule has 1 unspecified atom stereocenters. The van der Waals surface area contributed by atoms with Crippen LogP contribution < -0.4 is 0 Å². The molecule has 0 N–H and O–H groups in total. The van der Waals surface area contributed by atoms with E-state index in [1.807, 2.05) is 11.8 Å². The van der Waals surface area contributed by atoms with Gasteiger partial charge in [-0.3, -0.25) is 4.90 Å². The van der Waals surface area contributed by atoms with Crippen LogP contribution in [0.3, 0.4) is 0 Å². The van der Waals surface area contributed by atoms with Gasteiger partial charge in [0, 0.05) is 18.8 Å². The average molecular weight is 240 g/mol. The minimum Gasteiger partial charge on any atom is -0.379 e. The molecule has 4 heteroatoms. The van der Waals surface area contributed by atoms with Crippen LogP contribution in [0, 0.1) is 16.7 Å². The Morgan fingerprint density at radius 3 is 2.56 bits per heavy atom. The standard InChI is InChI=1S/C12H20N2OS/c1-11(2)3-8-16-10-12(11,9-13)14-4-6-15-7-5-14/h3-8,10H2,1-2H3. The summed E-state index contributed by atoms with van der Waals surface area (Å²) in [5.74, 6) is 2.12. The van der Waals surface area contributed by atoms with E-state index in [1.165, 1.54) is 5.75 Å². The van der Waals surface area contributed by atoms with Gasteiger partial charge in [-0.2, -0.15) is 17.0 Å². The van der Waals surface area contributed by atoms with Crippen LogP contribution in [0.2, 0.25) is 0 Å². The van der Waals surface area contributed by atoms with E-state index in [4.69, 9.17) is 4.74 Å². The van der Waals surface area contributed by atoms with E-state index in [0.717, 1.165) is 38.5 Å². The third-order valence-electron chi connectivity index (χ3n) is 4.04. The van der Waals surface area contributed by atoms with Gasteiger partial charge in [-0.15, -0.1) is 0 Å². The van der Waals surface area contributed by atoms with Crippen LogP contribution >= 0.6 is 11.8 Å². The third-order valence-corrected chi connectivity index (χ3v) is 5.15. The largest absolute Gasteiger partial charge is 0.379 e. The van der Waals surface area contributed by atoms with Crippen molar-refractivity contribution in [2.45, 2.75) is 25.8 Å². The highest BCUT2D eigenvalue weighted by Gasteiger charge is 2.51. The molecule has 2 aliphatic heterocycles. The first kappa shape index (κ1) is 12.2. The van der Waals surface area contributed by atoms with E-state index in [9.17, 15) is 5.26 Å². The molecule has 0 saturated carbocycles. The molecular formula is C12H20N2OS. The number of hydrogen-bond donors (Lipinski definition) is 0. The molecule has 0 spiro atoms. The number of nitrogens with zero attached hydrogens (tertiary/aromatic N) is 2. The number of ether oxygens (including phenoxy) is 1. The second kappa shape index (κ2) is 4.56. The second-order valence-corrected chi connectivity index (χ2v) is 6.36. The van der Waals surface area contributed by atoms with E-state index in [1.54, 1.807) is 0 Å². The lowest BCUT2D eigenvalue weighted by Crippen LogP contribution is -2.63. The summed E-state index contributed by atoms with van der Waals surface area (Å²) < 4.78 is 5.39. The van der Waals surface area contributed by atoms with Crippen molar-refractivity contribution in [3.05, 3.63) is 0 Å². The lowest BCUT2D eigenvalue weighted by atomic mass is 9.70. The van der Waals surface area contributed by atoms with Crippen LogP contribution in [0.15, 0.2) is 0 Å². The van der Waals surface area contributed by atoms with Gasteiger partial charge in [0.1, 0.15) is 5.54 Å². The average Bonchev–Trinajstić information content (AvgIpc) is 2.30. The molecule has 0 aromatic carbocycles. The molecule has 2 rings (SSSR count). The molecule has 16 heavy (non-hydrogen) atoms. The number of hydrogen-bond acceptors (Lipinski definition) is 4. The van der Waals surface area contributed by atoms with Crippen LogP contribution in [0.1, 0.15) is 20.3 Å². The number of thioether (sulfide) groups is 1. The van der Waals surface area contributed by atoms with Gasteiger partial charge >= 0.3 is 0 Å². The Bertz CT molecular complexity index is 294. The van der Waals surface area contributed by atoms with E-state index in [0.29, 0.717) is 0 Å². The molecule has 0 aromatic heterocycles. The van der Waals surface area contributed by atoms with Crippen LogP contribution in [0.4, 0.5) is 0 Å². The maximum Gasteiger partial charge on any atom is 0.123 e. The van der Waals surface area contributed by atoms with Crippen LogP contribution in [-0.2, 0) is 4.74 Å². The zero-order valence-corrected chi connectivity index (χ0v) is 11.0. The zero-order chi connectivity index (χ0) is 11.6. The van der Waals surface area contributed by atoms with E-state index < -0.39 is 0 Å². The van der Waals surface area contributed by atoms with Crippen molar-refractivity contribution in [1.29, 1.82) is 5.26 Å². The SMILES string of the molecule is CC1(C)CCSCC1(C#N)N1CCOCC1. The van der Waals surface area contributed by atoms with E-state index in [-0.39, 0.29) is 11.0 Å². The predicted molar refractivity (Wildman–Crippen MR) is 66.5 cm³/mol. The number of nitriles is 1. The fourth-order valence-corrected chi connectivity index (χ4v) is 4.40. The van der Waals surface area contributed by atoms with Crippen molar-refractivity contribution in [1.82, 2.24) is 4.90 Å². The lowest BCUT2D eigenvalue weighted by molar-refractivity contribution is -0.0384. The molecule has 90 valence electrons. The highest BCUT2D eigenvalue weighted by molar-refractivity contribution is 7.99. The van der Waals surface area contributed by atoms with Crippen molar-refractivity contribution < 1.29 is 4.74 Å². The summed E-state index contributed by atoms with van der Waals surface area (Å²) in [4.78, 5) is 2.35. The van der Waals surface area contributed by atoms with Crippen molar-refractivity contribution in [2.24, 2.45) is 5.41 Å². The molecule has 2 aliphatic rings. The van der Waals surface area contributed by atoms with Crippen molar-refractivity contribution in [3.8, 4) is 6.07 Å². The first-order valence-electron chi connectivity index (χ1n) is 5.94. The maximum absolute atomic E-state index is 9.68. The van der Waals surface area contributed by atoms with Gasteiger partial charge in [0.15, 0.2) is 0 Å². The Hall–Kier alpha value is -0.240. The molecule has 0 aromatic rings. The van der Waals surface area contributed by atoms with E-state index >= 15 is 0 Å². The fourth-order valence-electron chi connectivity index (χ4n) is 2.67. The highest BCUT2D eigenvalue weighted by atomic mass is 32.2. The summed E-state index contributed by atoms with van der Waals surface area (Å²) in [6, 6.07) is 2.63. The van der Waals surface area contributed by atoms with Gasteiger partial charge in [0.2, 0.25) is 0 Å². The summed E-state index contributed by atoms with van der Waals surface area (Å²) in [6.07, 6.45) is 1.13. The van der Waals surface area contributed by atoms with Crippen molar-refractivity contribution >= 4 is 11.8 Å². The van der Waals surface area contributed by atoms with Gasteiger partial charge in [-0.1, -0.05) is 13.8 Å². The Balaban J connectivity index is 2.25. The predicted octanol–water partition coefficient (Wildman–Crippen LogP) is 1.74. The number of rotatable bonds is 1. The monoisotopic (exact) mass is 240 g/mol. The molecular weight excluding hydrogens is 220 g/mol. The van der Waals surface area contributed by atoms with Crippen molar-refractivity contribution in [3.63, 3.8) is 0 Å². The number of morpholine rings is 1. The van der Waals surface area contributed by atoms with Crippen molar-refractivity contribution in [2.75, 3.05) is 37.8 Å².